The number of ketones is 1. The molecule has 1 aromatic carbocycles. The van der Waals surface area contributed by atoms with E-state index in [0.29, 0.717) is 35.9 Å². The highest BCUT2D eigenvalue weighted by molar-refractivity contribution is 8.06. The highest BCUT2D eigenvalue weighted by Gasteiger charge is 2.47. The van der Waals surface area contributed by atoms with E-state index in [4.69, 9.17) is 5.73 Å². The number of nitrogens with two attached hydrogens (primary N) is 1. The van der Waals surface area contributed by atoms with Crippen molar-refractivity contribution in [1.29, 1.82) is 0 Å². The number of carbonyl (C=O) groups excluding carboxylic acids is 1. The minimum absolute atomic E-state index is 0.00489. The minimum atomic E-state index is -1.25. The van der Waals surface area contributed by atoms with Crippen LogP contribution in [0, 0.1) is 5.82 Å². The van der Waals surface area contributed by atoms with Crippen LogP contribution >= 0.6 is 11.8 Å². The number of benzene rings is 1. The van der Waals surface area contributed by atoms with Crippen molar-refractivity contribution >= 4 is 34.9 Å². The van der Waals surface area contributed by atoms with Gasteiger partial charge in [-0.05, 0) is 23.5 Å². The summed E-state index contributed by atoms with van der Waals surface area (Å²) in [5.74, 6) is -2.62. The molecule has 1 aliphatic carbocycles. The summed E-state index contributed by atoms with van der Waals surface area (Å²) >= 11 is 1.30. The predicted molar refractivity (Wildman–Crippen MR) is 102 cm³/mol. The van der Waals surface area contributed by atoms with Gasteiger partial charge >= 0.3 is 5.97 Å². The molecule has 1 fully saturated rings. The Labute approximate surface area is 159 Å². The van der Waals surface area contributed by atoms with E-state index in [-0.39, 0.29) is 23.1 Å². The van der Waals surface area contributed by atoms with Crippen molar-refractivity contribution in [3.63, 3.8) is 0 Å². The molecule has 1 saturated heterocycles. The lowest BCUT2D eigenvalue weighted by molar-refractivity contribution is -0.132. The number of Topliss-reactive ketones (excluding diaryl/α,β-unsaturated/α-hetero) is 1. The van der Waals surface area contributed by atoms with Gasteiger partial charge in [-0.25, -0.2) is 9.18 Å². The van der Waals surface area contributed by atoms with Gasteiger partial charge in [0, 0.05) is 54.7 Å². The van der Waals surface area contributed by atoms with Gasteiger partial charge in [-0.3, -0.25) is 4.79 Å². The van der Waals surface area contributed by atoms with Crippen molar-refractivity contribution in [3.05, 3.63) is 44.5 Å². The molecule has 0 spiro atoms. The van der Waals surface area contributed by atoms with E-state index in [1.807, 2.05) is 22.3 Å². The van der Waals surface area contributed by atoms with Gasteiger partial charge in [0.25, 0.3) is 0 Å². The molecular weight excluding hydrogens is 369 g/mol. The van der Waals surface area contributed by atoms with Gasteiger partial charge in [0.15, 0.2) is 0 Å². The lowest BCUT2D eigenvalue weighted by Gasteiger charge is -2.40. The number of thioether (sulfide) groups is 1. The van der Waals surface area contributed by atoms with Crippen LogP contribution in [0.15, 0.2) is 27.5 Å². The molecule has 1 aromatic rings. The smallest absolute Gasteiger partial charge is 0.340 e. The number of hydrogen-bond donors (Lipinski definition) is 2. The molecule has 0 amide bonds. The lowest BCUT2D eigenvalue weighted by Crippen LogP contribution is -2.37. The second-order valence-corrected chi connectivity index (χ2v) is 8.40. The van der Waals surface area contributed by atoms with Crippen LogP contribution in [0.25, 0.3) is 0 Å². The summed E-state index contributed by atoms with van der Waals surface area (Å²) in [7, 11) is 1.88. The van der Waals surface area contributed by atoms with Crippen molar-refractivity contribution in [1.82, 2.24) is 0 Å². The summed E-state index contributed by atoms with van der Waals surface area (Å²) < 4.78 is 15.2. The molecule has 140 valence electrons. The molecule has 27 heavy (non-hydrogen) atoms. The van der Waals surface area contributed by atoms with Crippen LogP contribution in [0.3, 0.4) is 0 Å². The number of likely N-dealkylation sites (N-methyl/N-ethyl adjacent to an activating group) is 1. The molecule has 2 atom stereocenters. The molecule has 2 unspecified atom stereocenters. The summed E-state index contributed by atoms with van der Waals surface area (Å²) in [4.78, 5) is 29.1. The van der Waals surface area contributed by atoms with E-state index in [2.05, 4.69) is 0 Å². The Kier molecular flexibility index (Phi) is 3.48. The molecule has 0 saturated carbocycles. The number of anilines is 2. The maximum Gasteiger partial charge on any atom is 0.340 e. The summed E-state index contributed by atoms with van der Waals surface area (Å²) in [6.07, 6.45) is 0.789. The van der Waals surface area contributed by atoms with E-state index in [1.165, 1.54) is 17.8 Å². The van der Waals surface area contributed by atoms with Crippen LogP contribution in [-0.4, -0.2) is 49.6 Å². The fourth-order valence-electron chi connectivity index (χ4n) is 4.69. The Hall–Kier alpha value is -2.32. The predicted octanol–water partition coefficient (Wildman–Crippen LogP) is 2.06. The van der Waals surface area contributed by atoms with E-state index in [0.717, 1.165) is 17.6 Å². The first-order chi connectivity index (χ1) is 12.9. The van der Waals surface area contributed by atoms with Crippen molar-refractivity contribution in [3.8, 4) is 0 Å². The fourth-order valence-corrected chi connectivity index (χ4v) is 5.88. The Morgan fingerprint density at radius 3 is 2.85 bits per heavy atom. The molecular formula is C19H18FN3O3S. The van der Waals surface area contributed by atoms with Gasteiger partial charge in [-0.15, -0.1) is 11.8 Å². The van der Waals surface area contributed by atoms with Gasteiger partial charge in [-0.2, -0.15) is 0 Å². The summed E-state index contributed by atoms with van der Waals surface area (Å²) in [6.45, 7) is 1.80. The van der Waals surface area contributed by atoms with Crippen LogP contribution in [0.5, 0.6) is 0 Å². The zero-order valence-electron chi connectivity index (χ0n) is 14.7. The number of carboxylic acids is 1. The molecule has 4 aliphatic rings. The Balaban J connectivity index is 1.80. The number of nitrogens with zero attached hydrogens (tertiary/aromatic N) is 2. The average Bonchev–Trinajstić information content (AvgIpc) is 3.20. The molecule has 3 heterocycles. The van der Waals surface area contributed by atoms with Gasteiger partial charge in [0.05, 0.1) is 11.4 Å². The van der Waals surface area contributed by atoms with Gasteiger partial charge in [0.1, 0.15) is 11.4 Å². The number of halogens is 1. The van der Waals surface area contributed by atoms with Gasteiger partial charge < -0.3 is 20.6 Å². The number of carboxylic acid groups (broad SMARTS) is 1. The normalized spacial score (nSPS) is 25.9. The summed E-state index contributed by atoms with van der Waals surface area (Å²) in [5, 5.41) is 11.5. The second kappa shape index (κ2) is 5.59. The van der Waals surface area contributed by atoms with Crippen LogP contribution in [0.2, 0.25) is 0 Å². The molecule has 0 aromatic heterocycles. The first-order valence-electron chi connectivity index (χ1n) is 8.84. The SMILES string of the molecule is CN1CC2=CSC3=C(C(=O)O)C(=O)c4cc(F)c(N5CCC(N)C5)c1c4C23. The number of rotatable bonds is 2. The maximum absolute atomic E-state index is 15.2. The lowest BCUT2D eigenvalue weighted by atomic mass is 9.75. The average molecular weight is 387 g/mol. The summed E-state index contributed by atoms with van der Waals surface area (Å²) in [6, 6.07) is 1.22. The van der Waals surface area contributed by atoms with Crippen molar-refractivity contribution in [2.75, 3.05) is 36.5 Å². The number of hydrogen-bond acceptors (Lipinski definition) is 6. The molecule has 6 nitrogen and oxygen atoms in total. The zero-order chi connectivity index (χ0) is 19.0. The first kappa shape index (κ1) is 16.8. The molecule has 0 bridgehead atoms. The standard InChI is InChI=1S/C19H18FN3O3S/c1-22-5-8-7-27-18-12(8)13-10(17(24)14(18)19(25)26)4-11(20)15(16(13)22)23-3-2-9(21)6-23/h4,7,9,12H,2-3,5-6,21H2,1H3,(H,25,26). The van der Waals surface area contributed by atoms with Crippen LogP contribution < -0.4 is 15.5 Å². The molecule has 8 heteroatoms. The van der Waals surface area contributed by atoms with E-state index in [9.17, 15) is 14.7 Å². The highest BCUT2D eigenvalue weighted by atomic mass is 32.2. The Bertz CT molecular complexity index is 987. The third-order valence-electron chi connectivity index (χ3n) is 5.80. The van der Waals surface area contributed by atoms with Crippen molar-refractivity contribution in [2.24, 2.45) is 5.73 Å². The number of aliphatic carboxylic acids is 1. The topological polar surface area (TPSA) is 86.9 Å². The van der Waals surface area contributed by atoms with E-state index in [1.54, 1.807) is 0 Å². The van der Waals surface area contributed by atoms with Crippen molar-refractivity contribution < 1.29 is 19.1 Å². The molecule has 3 N–H and O–H groups in total. The van der Waals surface area contributed by atoms with Crippen LogP contribution in [-0.2, 0) is 4.79 Å². The van der Waals surface area contributed by atoms with Crippen molar-refractivity contribution in [2.45, 2.75) is 18.4 Å². The molecule has 0 radical (unpaired) electrons. The highest BCUT2D eigenvalue weighted by Crippen LogP contribution is 2.58. The first-order valence-corrected chi connectivity index (χ1v) is 9.72. The molecule has 3 aliphatic heterocycles. The Morgan fingerprint density at radius 2 is 2.19 bits per heavy atom. The minimum Gasteiger partial charge on any atom is -0.478 e. The third-order valence-corrected chi connectivity index (χ3v) is 6.91. The Morgan fingerprint density at radius 1 is 1.41 bits per heavy atom. The third kappa shape index (κ3) is 2.17. The zero-order valence-corrected chi connectivity index (χ0v) is 15.5. The van der Waals surface area contributed by atoms with Crippen LogP contribution in [0.4, 0.5) is 15.8 Å². The van der Waals surface area contributed by atoms with E-state index >= 15 is 4.39 Å². The van der Waals surface area contributed by atoms with Gasteiger partial charge in [0.2, 0.25) is 5.78 Å². The van der Waals surface area contributed by atoms with Gasteiger partial charge in [-0.1, -0.05) is 0 Å². The maximum atomic E-state index is 15.2. The van der Waals surface area contributed by atoms with Crippen LogP contribution in [0.1, 0.15) is 28.3 Å². The number of allylic oxidation sites excluding steroid dienone is 1. The largest absolute Gasteiger partial charge is 0.478 e. The molecule has 5 rings (SSSR count). The summed E-state index contributed by atoms with van der Waals surface area (Å²) in [5.41, 5.74) is 8.93. The van der Waals surface area contributed by atoms with E-state index < -0.39 is 17.6 Å². The number of carbonyl (C=O) groups is 2. The fraction of sp³-hybridized carbons (Fsp3) is 0.368. The monoisotopic (exact) mass is 387 g/mol. The second-order valence-electron chi connectivity index (χ2n) is 7.48. The quantitative estimate of drug-likeness (QED) is 0.751.